The monoisotopic (exact) mass is 327 g/mol. The highest BCUT2D eigenvalue weighted by Gasteiger charge is 2.08. The summed E-state index contributed by atoms with van der Waals surface area (Å²) in [6, 6.07) is 14.0. The maximum atomic E-state index is 6.10. The number of aryl methyl sites for hydroxylation is 1. The molecule has 0 saturated heterocycles. The molecule has 0 amide bonds. The minimum Gasteiger partial charge on any atom is -0.496 e. The van der Waals surface area contributed by atoms with Gasteiger partial charge in [-0.1, -0.05) is 54.9 Å². The van der Waals surface area contributed by atoms with Crippen LogP contribution in [0.3, 0.4) is 0 Å². The minimum atomic E-state index is 0.420. The number of hydrogen-bond donors (Lipinski definition) is 1. The molecule has 23 heavy (non-hydrogen) atoms. The van der Waals surface area contributed by atoms with Gasteiger partial charge >= 0.3 is 0 Å². The van der Waals surface area contributed by atoms with Crippen LogP contribution in [0.5, 0.6) is 5.75 Å². The zero-order valence-corrected chi connectivity index (χ0v) is 13.9. The summed E-state index contributed by atoms with van der Waals surface area (Å²) in [5.41, 5.74) is 2.36. The van der Waals surface area contributed by atoms with Crippen molar-refractivity contribution in [2.75, 3.05) is 12.4 Å². The van der Waals surface area contributed by atoms with Gasteiger partial charge in [-0.3, -0.25) is 0 Å². The van der Waals surface area contributed by atoms with Gasteiger partial charge in [0.05, 0.1) is 7.11 Å². The first-order valence-corrected chi connectivity index (χ1v) is 7.91. The van der Waals surface area contributed by atoms with E-state index >= 15 is 0 Å². The molecule has 3 rings (SSSR count). The van der Waals surface area contributed by atoms with Crippen LogP contribution < -0.4 is 10.1 Å². The molecule has 0 atom stereocenters. The average Bonchev–Trinajstić information content (AvgIpc) is 2.61. The topological polar surface area (TPSA) is 47.0 Å². The molecule has 0 saturated carbocycles. The van der Waals surface area contributed by atoms with Gasteiger partial charge < -0.3 is 10.1 Å². The molecule has 4 nitrogen and oxygen atoms in total. The first kappa shape index (κ1) is 15.6. The van der Waals surface area contributed by atoms with Gasteiger partial charge in [-0.05, 0) is 23.6 Å². The fourth-order valence-electron chi connectivity index (χ4n) is 2.61. The number of nitrogens with zero attached hydrogens (tertiary/aromatic N) is 2. The summed E-state index contributed by atoms with van der Waals surface area (Å²) in [4.78, 5) is 0. The van der Waals surface area contributed by atoms with E-state index in [0.29, 0.717) is 11.7 Å². The highest BCUT2D eigenvalue weighted by Crippen LogP contribution is 2.26. The summed E-state index contributed by atoms with van der Waals surface area (Å²) in [6.07, 6.45) is 0.931. The Hall–Kier alpha value is -2.33. The second-order valence-electron chi connectivity index (χ2n) is 5.24. The lowest BCUT2D eigenvalue weighted by Crippen LogP contribution is -2.04. The fraction of sp³-hybridized carbons (Fsp3) is 0.222. The van der Waals surface area contributed by atoms with E-state index in [4.69, 9.17) is 16.3 Å². The number of rotatable bonds is 5. The third-order valence-corrected chi connectivity index (χ3v) is 4.11. The molecule has 0 radical (unpaired) electrons. The van der Waals surface area contributed by atoms with E-state index in [2.05, 4.69) is 34.6 Å². The Bertz CT molecular complexity index is 836. The molecule has 5 heteroatoms. The first-order valence-electron chi connectivity index (χ1n) is 7.53. The number of anilines is 1. The Morgan fingerprint density at radius 3 is 2.61 bits per heavy atom. The van der Waals surface area contributed by atoms with Crippen LogP contribution in [0.25, 0.3) is 10.8 Å². The van der Waals surface area contributed by atoms with Crippen molar-refractivity contribution in [3.05, 3.63) is 58.7 Å². The second-order valence-corrected chi connectivity index (χ2v) is 5.60. The Kier molecular flexibility index (Phi) is 4.63. The number of fused-ring (bicyclic) bond motifs is 1. The molecule has 2 aromatic carbocycles. The Morgan fingerprint density at radius 1 is 1.09 bits per heavy atom. The van der Waals surface area contributed by atoms with Crippen LogP contribution >= 0.6 is 11.6 Å². The number of halogens is 1. The lowest BCUT2D eigenvalue weighted by Gasteiger charge is -2.11. The molecule has 0 aliphatic carbocycles. The molecular weight excluding hydrogens is 310 g/mol. The summed E-state index contributed by atoms with van der Waals surface area (Å²) in [5.74, 6) is 1.66. The Balaban J connectivity index is 1.85. The van der Waals surface area contributed by atoms with Gasteiger partial charge in [0.1, 0.15) is 5.75 Å². The van der Waals surface area contributed by atoms with E-state index in [-0.39, 0.29) is 0 Å². The first-order chi connectivity index (χ1) is 11.2. The molecule has 118 valence electrons. The van der Waals surface area contributed by atoms with Gasteiger partial charge in [-0.25, -0.2) is 0 Å². The van der Waals surface area contributed by atoms with Crippen LogP contribution in [-0.4, -0.2) is 17.3 Å². The van der Waals surface area contributed by atoms with Crippen molar-refractivity contribution in [1.82, 2.24) is 10.2 Å². The molecule has 1 N–H and O–H groups in total. The molecule has 1 heterocycles. The van der Waals surface area contributed by atoms with E-state index in [0.717, 1.165) is 28.8 Å². The number of aromatic nitrogens is 2. The van der Waals surface area contributed by atoms with Crippen LogP contribution in [0.2, 0.25) is 5.15 Å². The smallest absolute Gasteiger partial charge is 0.159 e. The molecular formula is C18H18ClN3O. The zero-order chi connectivity index (χ0) is 16.2. The summed E-state index contributed by atoms with van der Waals surface area (Å²) >= 11 is 6.10. The number of hydrogen-bond acceptors (Lipinski definition) is 4. The Morgan fingerprint density at radius 2 is 1.87 bits per heavy atom. The van der Waals surface area contributed by atoms with E-state index in [1.807, 2.05) is 30.3 Å². The molecule has 0 bridgehead atoms. The second kappa shape index (κ2) is 6.84. The molecule has 0 aliphatic heterocycles. The number of benzene rings is 2. The average molecular weight is 328 g/mol. The van der Waals surface area contributed by atoms with Gasteiger partial charge in [-0.15, -0.1) is 10.2 Å². The fourth-order valence-corrected chi connectivity index (χ4v) is 2.81. The molecule has 0 aliphatic rings. The van der Waals surface area contributed by atoms with Crippen molar-refractivity contribution in [1.29, 1.82) is 0 Å². The highest BCUT2D eigenvalue weighted by atomic mass is 35.5. The predicted molar refractivity (Wildman–Crippen MR) is 94.2 cm³/mol. The lowest BCUT2D eigenvalue weighted by atomic mass is 10.1. The van der Waals surface area contributed by atoms with Gasteiger partial charge in [0.15, 0.2) is 11.0 Å². The van der Waals surface area contributed by atoms with Crippen LogP contribution in [0.4, 0.5) is 5.82 Å². The van der Waals surface area contributed by atoms with Crippen molar-refractivity contribution in [3.8, 4) is 5.75 Å². The summed E-state index contributed by atoms with van der Waals surface area (Å²) in [7, 11) is 1.70. The quantitative estimate of drug-likeness (QED) is 0.751. The van der Waals surface area contributed by atoms with Crippen LogP contribution in [0, 0.1) is 0 Å². The van der Waals surface area contributed by atoms with Crippen molar-refractivity contribution in [2.24, 2.45) is 0 Å². The molecule has 0 unspecified atom stereocenters. The van der Waals surface area contributed by atoms with Gasteiger partial charge in [0, 0.05) is 17.3 Å². The van der Waals surface area contributed by atoms with Gasteiger partial charge in [-0.2, -0.15) is 0 Å². The normalized spacial score (nSPS) is 10.7. The SMILES string of the molecule is CCc1cc(CNc2nnc(Cl)c3ccccc23)ccc1OC. The van der Waals surface area contributed by atoms with E-state index < -0.39 is 0 Å². The van der Waals surface area contributed by atoms with Crippen molar-refractivity contribution < 1.29 is 4.74 Å². The largest absolute Gasteiger partial charge is 0.496 e. The maximum absolute atomic E-state index is 6.10. The molecule has 1 aromatic heterocycles. The third kappa shape index (κ3) is 3.22. The zero-order valence-electron chi connectivity index (χ0n) is 13.1. The summed E-state index contributed by atoms with van der Waals surface area (Å²) in [5, 5.41) is 13.8. The standard InChI is InChI=1S/C18H18ClN3O/c1-3-13-10-12(8-9-16(13)23-2)11-20-18-15-7-5-4-6-14(15)17(19)21-22-18/h4-10H,3,11H2,1-2H3,(H,20,22). The number of ether oxygens (including phenoxy) is 1. The van der Waals surface area contributed by atoms with E-state index in [1.165, 1.54) is 11.1 Å². The highest BCUT2D eigenvalue weighted by molar-refractivity contribution is 6.34. The van der Waals surface area contributed by atoms with E-state index in [9.17, 15) is 0 Å². The third-order valence-electron chi connectivity index (χ3n) is 3.83. The number of methoxy groups -OCH3 is 1. The summed E-state index contributed by atoms with van der Waals surface area (Å²) < 4.78 is 5.37. The maximum Gasteiger partial charge on any atom is 0.159 e. The minimum absolute atomic E-state index is 0.420. The van der Waals surface area contributed by atoms with E-state index in [1.54, 1.807) is 7.11 Å². The predicted octanol–water partition coefficient (Wildman–Crippen LogP) is 4.47. The Labute approximate surface area is 140 Å². The van der Waals surface area contributed by atoms with Crippen LogP contribution in [0.1, 0.15) is 18.1 Å². The van der Waals surface area contributed by atoms with Crippen molar-refractivity contribution in [3.63, 3.8) is 0 Å². The molecule has 0 fully saturated rings. The van der Waals surface area contributed by atoms with Crippen molar-refractivity contribution >= 4 is 28.2 Å². The van der Waals surface area contributed by atoms with Crippen LogP contribution in [0.15, 0.2) is 42.5 Å². The van der Waals surface area contributed by atoms with Crippen molar-refractivity contribution in [2.45, 2.75) is 19.9 Å². The van der Waals surface area contributed by atoms with Gasteiger partial charge in [0.2, 0.25) is 0 Å². The molecule has 0 spiro atoms. The van der Waals surface area contributed by atoms with Gasteiger partial charge in [0.25, 0.3) is 0 Å². The number of nitrogens with one attached hydrogen (secondary N) is 1. The molecule has 3 aromatic rings. The summed E-state index contributed by atoms with van der Waals surface area (Å²) in [6.45, 7) is 2.78. The lowest BCUT2D eigenvalue weighted by molar-refractivity contribution is 0.410. The van der Waals surface area contributed by atoms with Crippen LogP contribution in [-0.2, 0) is 13.0 Å².